The molecule has 160 valence electrons. The summed E-state index contributed by atoms with van der Waals surface area (Å²) in [5.41, 5.74) is 3.52. The van der Waals surface area contributed by atoms with Crippen LogP contribution in [0, 0.1) is 18.3 Å². The van der Waals surface area contributed by atoms with Crippen molar-refractivity contribution in [3.8, 4) is 0 Å². The molecule has 2 aromatic rings. The Morgan fingerprint density at radius 2 is 1.90 bits per heavy atom. The number of fused-ring (bicyclic) bond motifs is 1. The molecular formula is C27H35NO2. The average molecular weight is 406 g/mol. The van der Waals surface area contributed by atoms with Crippen molar-refractivity contribution in [2.24, 2.45) is 11.3 Å². The van der Waals surface area contributed by atoms with E-state index in [0.29, 0.717) is 12.0 Å². The summed E-state index contributed by atoms with van der Waals surface area (Å²) < 4.78 is 1.78. The maximum atomic E-state index is 13.4. The minimum absolute atomic E-state index is 0.0158. The quantitative estimate of drug-likeness (QED) is 0.374. The smallest absolute Gasteiger partial charge is 0.262 e. The van der Waals surface area contributed by atoms with Gasteiger partial charge in [0.1, 0.15) is 5.78 Å². The van der Waals surface area contributed by atoms with Crippen molar-refractivity contribution >= 4 is 22.6 Å². The molecule has 3 rings (SSSR count). The van der Waals surface area contributed by atoms with Crippen molar-refractivity contribution < 1.29 is 9.59 Å². The number of hydrogen-bond donors (Lipinski definition) is 0. The molecule has 0 saturated heterocycles. The van der Waals surface area contributed by atoms with Crippen molar-refractivity contribution in [1.82, 2.24) is 4.57 Å². The lowest BCUT2D eigenvalue weighted by Crippen LogP contribution is -2.16. The molecule has 1 aromatic carbocycles. The monoisotopic (exact) mass is 405 g/mol. The Labute approximate surface area is 180 Å². The van der Waals surface area contributed by atoms with E-state index in [1.54, 1.807) is 11.5 Å². The second-order valence-electron chi connectivity index (χ2n) is 9.58. The van der Waals surface area contributed by atoms with Gasteiger partial charge >= 0.3 is 0 Å². The van der Waals surface area contributed by atoms with Crippen LogP contribution in [0.1, 0.15) is 75.9 Å². The molecule has 1 heterocycles. The number of hydrogen-bond acceptors (Lipinski definition) is 2. The number of aromatic nitrogens is 1. The first-order chi connectivity index (χ1) is 14.2. The van der Waals surface area contributed by atoms with Crippen molar-refractivity contribution in [3.63, 3.8) is 0 Å². The normalized spacial score (nSPS) is 16.1. The van der Waals surface area contributed by atoms with Gasteiger partial charge < -0.3 is 0 Å². The van der Waals surface area contributed by atoms with Gasteiger partial charge in [0.05, 0.1) is 5.52 Å². The first-order valence-electron chi connectivity index (χ1n) is 11.2. The summed E-state index contributed by atoms with van der Waals surface area (Å²) in [4.78, 5) is 25.1. The number of ketones is 1. The second-order valence-corrected chi connectivity index (χ2v) is 9.58. The van der Waals surface area contributed by atoms with E-state index in [-0.39, 0.29) is 17.1 Å². The van der Waals surface area contributed by atoms with Crippen LogP contribution in [0.25, 0.3) is 10.9 Å². The zero-order valence-electron chi connectivity index (χ0n) is 19.1. The summed E-state index contributed by atoms with van der Waals surface area (Å²) >= 11 is 0. The van der Waals surface area contributed by atoms with Gasteiger partial charge in [0, 0.05) is 23.1 Å². The van der Waals surface area contributed by atoms with Crippen LogP contribution >= 0.6 is 0 Å². The summed E-state index contributed by atoms with van der Waals surface area (Å²) in [7, 11) is 0. The van der Waals surface area contributed by atoms with Gasteiger partial charge in [-0.25, -0.2) is 0 Å². The number of Topliss-reactive ketones (excluding diaryl/α,β-unsaturated/α-hetero) is 1. The lowest BCUT2D eigenvalue weighted by Gasteiger charge is -2.24. The molecule has 0 bridgehead atoms. The van der Waals surface area contributed by atoms with E-state index in [9.17, 15) is 9.59 Å². The molecule has 0 amide bonds. The zero-order valence-corrected chi connectivity index (χ0v) is 19.1. The van der Waals surface area contributed by atoms with Gasteiger partial charge in [0.15, 0.2) is 0 Å². The Kier molecular flexibility index (Phi) is 6.80. The largest absolute Gasteiger partial charge is 0.300 e. The molecule has 1 aliphatic rings. The molecule has 1 aliphatic carbocycles. The Bertz CT molecular complexity index is 997. The van der Waals surface area contributed by atoms with E-state index in [2.05, 4.69) is 19.9 Å². The SMILES string of the molecule is C/C=C(\C=C/C(C)(C)CC1CCCC1)C(=O)n1c(C)cc2c(CC(C)=O)cccc21. The third-order valence-electron chi connectivity index (χ3n) is 6.32. The predicted molar refractivity (Wildman–Crippen MR) is 125 cm³/mol. The molecule has 0 spiro atoms. The topological polar surface area (TPSA) is 39.1 Å². The van der Waals surface area contributed by atoms with E-state index in [4.69, 9.17) is 0 Å². The molecule has 1 fully saturated rings. The molecule has 0 radical (unpaired) electrons. The third kappa shape index (κ3) is 5.00. The van der Waals surface area contributed by atoms with Gasteiger partial charge in [0.25, 0.3) is 5.91 Å². The summed E-state index contributed by atoms with van der Waals surface area (Å²) in [6.45, 7) is 10.0. The van der Waals surface area contributed by atoms with Crippen LogP contribution in [0.4, 0.5) is 0 Å². The Hall–Kier alpha value is -2.42. The minimum Gasteiger partial charge on any atom is -0.300 e. The fourth-order valence-corrected chi connectivity index (χ4v) is 4.88. The van der Waals surface area contributed by atoms with Crippen LogP contribution in [-0.4, -0.2) is 16.3 Å². The third-order valence-corrected chi connectivity index (χ3v) is 6.32. The van der Waals surface area contributed by atoms with E-state index in [1.807, 2.05) is 50.3 Å². The lowest BCUT2D eigenvalue weighted by molar-refractivity contribution is -0.116. The minimum atomic E-state index is -0.0158. The first kappa shape index (κ1) is 22.3. The number of carbonyl (C=O) groups excluding carboxylic acids is 2. The summed E-state index contributed by atoms with van der Waals surface area (Å²) in [6, 6.07) is 7.89. The second kappa shape index (κ2) is 9.16. The Morgan fingerprint density at radius 1 is 1.20 bits per heavy atom. The number of allylic oxidation sites excluding steroid dienone is 4. The summed E-state index contributed by atoms with van der Waals surface area (Å²) in [5.74, 6) is 0.920. The number of nitrogens with zero attached hydrogens (tertiary/aromatic N) is 1. The van der Waals surface area contributed by atoms with Gasteiger partial charge in [-0.15, -0.1) is 0 Å². The van der Waals surface area contributed by atoms with Gasteiger partial charge in [-0.05, 0) is 56.2 Å². The molecule has 0 unspecified atom stereocenters. The van der Waals surface area contributed by atoms with Crippen molar-refractivity contribution in [3.05, 3.63) is 59.3 Å². The first-order valence-corrected chi connectivity index (χ1v) is 11.2. The molecule has 30 heavy (non-hydrogen) atoms. The van der Waals surface area contributed by atoms with Gasteiger partial charge in [-0.1, -0.05) is 69.9 Å². The van der Waals surface area contributed by atoms with Crippen LogP contribution in [0.15, 0.2) is 48.1 Å². The van der Waals surface area contributed by atoms with Gasteiger partial charge in [-0.3, -0.25) is 14.2 Å². The maximum absolute atomic E-state index is 13.4. The van der Waals surface area contributed by atoms with E-state index in [1.165, 1.54) is 32.1 Å². The van der Waals surface area contributed by atoms with E-state index >= 15 is 0 Å². The number of rotatable bonds is 7. The molecule has 3 heteroatoms. The highest BCUT2D eigenvalue weighted by Crippen LogP contribution is 2.36. The fraction of sp³-hybridized carbons (Fsp3) is 0.481. The maximum Gasteiger partial charge on any atom is 0.262 e. The van der Waals surface area contributed by atoms with Gasteiger partial charge in [-0.2, -0.15) is 0 Å². The number of aryl methyl sites for hydroxylation is 1. The van der Waals surface area contributed by atoms with E-state index in [0.717, 1.165) is 28.1 Å². The fourth-order valence-electron chi connectivity index (χ4n) is 4.88. The van der Waals surface area contributed by atoms with Crippen LogP contribution < -0.4 is 0 Å². The van der Waals surface area contributed by atoms with Crippen molar-refractivity contribution in [2.45, 2.75) is 73.1 Å². The van der Waals surface area contributed by atoms with Crippen LogP contribution in [0.5, 0.6) is 0 Å². The molecule has 0 atom stereocenters. The molecule has 3 nitrogen and oxygen atoms in total. The molecule has 1 saturated carbocycles. The highest BCUT2D eigenvalue weighted by Gasteiger charge is 2.24. The highest BCUT2D eigenvalue weighted by molar-refractivity contribution is 6.05. The molecular weight excluding hydrogens is 370 g/mol. The lowest BCUT2D eigenvalue weighted by atomic mass is 9.81. The molecule has 1 aromatic heterocycles. The standard InChI is InChI=1S/C27H35NO2/c1-6-22(14-15-27(4,5)18-21-10-7-8-11-21)26(30)28-19(2)16-24-23(17-20(3)29)12-9-13-25(24)28/h6,9,12-16,21H,7-8,10-11,17-18H2,1-5H3/b15-14-,22-6+. The van der Waals surface area contributed by atoms with Crippen LogP contribution in [0.3, 0.4) is 0 Å². The number of benzene rings is 1. The predicted octanol–water partition coefficient (Wildman–Crippen LogP) is 6.83. The van der Waals surface area contributed by atoms with Gasteiger partial charge in [0.2, 0.25) is 0 Å². The Morgan fingerprint density at radius 3 is 2.53 bits per heavy atom. The van der Waals surface area contributed by atoms with Crippen LogP contribution in [0.2, 0.25) is 0 Å². The van der Waals surface area contributed by atoms with Crippen LogP contribution in [-0.2, 0) is 11.2 Å². The highest BCUT2D eigenvalue weighted by atomic mass is 16.2. The van der Waals surface area contributed by atoms with Crippen molar-refractivity contribution in [2.75, 3.05) is 0 Å². The summed E-state index contributed by atoms with van der Waals surface area (Å²) in [5, 5.41) is 0.986. The summed E-state index contributed by atoms with van der Waals surface area (Å²) in [6.07, 6.45) is 13.1. The molecule has 0 N–H and O–H groups in total. The zero-order chi connectivity index (χ0) is 21.9. The average Bonchev–Trinajstić information content (AvgIpc) is 3.28. The Balaban J connectivity index is 1.88. The van der Waals surface area contributed by atoms with E-state index < -0.39 is 0 Å². The number of carbonyl (C=O) groups is 2. The molecule has 0 aliphatic heterocycles. The van der Waals surface area contributed by atoms with Crippen molar-refractivity contribution in [1.29, 1.82) is 0 Å².